The second-order valence-electron chi connectivity index (χ2n) is 5.79. The second-order valence-corrected chi connectivity index (χ2v) is 6.17. The largest absolute Gasteiger partial charge is 0.370 e. The molecule has 1 aliphatic carbocycles. The minimum Gasteiger partial charge on any atom is -0.370 e. The van der Waals surface area contributed by atoms with Crippen LogP contribution in [0.15, 0.2) is 18.2 Å². The number of nitrogens with zero attached hydrogens (tertiary/aromatic N) is 1. The van der Waals surface area contributed by atoms with Crippen molar-refractivity contribution in [1.82, 2.24) is 0 Å². The maximum atomic E-state index is 9.56. The highest BCUT2D eigenvalue weighted by Gasteiger charge is 2.38. The molecule has 0 aromatic heterocycles. The van der Waals surface area contributed by atoms with E-state index in [2.05, 4.69) is 16.3 Å². The minimum atomic E-state index is -0.614. The van der Waals surface area contributed by atoms with Crippen molar-refractivity contribution in [3.05, 3.63) is 28.8 Å². The Bertz CT molecular complexity index is 557. The van der Waals surface area contributed by atoms with Gasteiger partial charge in [0.25, 0.3) is 0 Å². The number of hydrogen-bond donors (Lipinski definition) is 2. The third-order valence-electron chi connectivity index (χ3n) is 4.63. The Morgan fingerprint density at radius 2 is 2.21 bits per heavy atom. The first-order chi connectivity index (χ1) is 9.22. The zero-order valence-electron chi connectivity index (χ0n) is 10.6. The molecule has 2 N–H and O–H groups in total. The van der Waals surface area contributed by atoms with Gasteiger partial charge in [0.2, 0.25) is 0 Å². The maximum absolute atomic E-state index is 9.56. The van der Waals surface area contributed by atoms with Crippen molar-refractivity contribution in [1.29, 1.82) is 0 Å². The van der Waals surface area contributed by atoms with Gasteiger partial charge in [-0.15, -0.1) is 0 Å². The van der Waals surface area contributed by atoms with Crippen molar-refractivity contribution < 1.29 is 5.11 Å². The molecule has 3 nitrogen and oxygen atoms in total. The Hall–Kier alpha value is -1.19. The van der Waals surface area contributed by atoms with E-state index in [-0.39, 0.29) is 0 Å². The van der Waals surface area contributed by atoms with Crippen LogP contribution in [0, 0.1) is 5.92 Å². The average Bonchev–Trinajstić information content (AvgIpc) is 3.01. The third-order valence-corrected chi connectivity index (χ3v) is 5.02. The van der Waals surface area contributed by atoms with Crippen molar-refractivity contribution >= 4 is 29.1 Å². The predicted octanol–water partition coefficient (Wildman–Crippen LogP) is 3.09. The van der Waals surface area contributed by atoms with Crippen LogP contribution in [0.1, 0.15) is 24.8 Å². The SMILES string of the molecule is OC1C=Cc2c(ccc(N3CC4CCC3C4)c2Cl)N1. The molecule has 0 spiro atoms. The zero-order chi connectivity index (χ0) is 13.0. The third kappa shape index (κ3) is 1.76. The van der Waals surface area contributed by atoms with Gasteiger partial charge >= 0.3 is 0 Å². The molecule has 2 heterocycles. The Morgan fingerprint density at radius 3 is 2.95 bits per heavy atom. The summed E-state index contributed by atoms with van der Waals surface area (Å²) in [6, 6.07) is 4.78. The molecular weight excluding hydrogens is 260 g/mol. The second kappa shape index (κ2) is 4.15. The van der Waals surface area contributed by atoms with Crippen LogP contribution in [-0.2, 0) is 0 Å². The van der Waals surface area contributed by atoms with E-state index in [9.17, 15) is 5.11 Å². The zero-order valence-corrected chi connectivity index (χ0v) is 11.4. The minimum absolute atomic E-state index is 0.614. The van der Waals surface area contributed by atoms with Gasteiger partial charge in [0.05, 0.1) is 10.7 Å². The Balaban J connectivity index is 1.74. The lowest BCUT2D eigenvalue weighted by Crippen LogP contribution is -2.32. The van der Waals surface area contributed by atoms with E-state index in [1.807, 2.05) is 12.1 Å². The summed E-state index contributed by atoms with van der Waals surface area (Å²) in [6.45, 7) is 1.14. The molecule has 1 saturated heterocycles. The number of halogens is 1. The summed E-state index contributed by atoms with van der Waals surface area (Å²) in [5.41, 5.74) is 3.05. The lowest BCUT2D eigenvalue weighted by molar-refractivity contribution is 0.252. The molecule has 3 unspecified atom stereocenters. The van der Waals surface area contributed by atoms with Crippen LogP contribution in [0.3, 0.4) is 0 Å². The molecule has 100 valence electrons. The number of fused-ring (bicyclic) bond motifs is 3. The topological polar surface area (TPSA) is 35.5 Å². The number of hydrogen-bond acceptors (Lipinski definition) is 3. The van der Waals surface area contributed by atoms with Crippen molar-refractivity contribution in [2.75, 3.05) is 16.8 Å². The van der Waals surface area contributed by atoms with E-state index in [0.717, 1.165) is 34.4 Å². The Labute approximate surface area is 117 Å². The predicted molar refractivity (Wildman–Crippen MR) is 78.6 cm³/mol. The highest BCUT2D eigenvalue weighted by molar-refractivity contribution is 6.35. The van der Waals surface area contributed by atoms with Crippen molar-refractivity contribution in [2.45, 2.75) is 31.5 Å². The molecule has 2 aliphatic heterocycles. The first kappa shape index (κ1) is 11.6. The Morgan fingerprint density at radius 1 is 1.32 bits per heavy atom. The van der Waals surface area contributed by atoms with E-state index < -0.39 is 6.23 Å². The van der Waals surface area contributed by atoms with Gasteiger partial charge in [-0.25, -0.2) is 0 Å². The first-order valence-electron chi connectivity index (χ1n) is 6.94. The van der Waals surface area contributed by atoms with Crippen LogP contribution in [0.25, 0.3) is 6.08 Å². The fourth-order valence-corrected chi connectivity index (χ4v) is 4.04. The monoisotopic (exact) mass is 276 g/mol. The van der Waals surface area contributed by atoms with Gasteiger partial charge in [0, 0.05) is 23.8 Å². The number of piperidine rings is 1. The lowest BCUT2D eigenvalue weighted by atomic mass is 10.1. The number of anilines is 2. The molecule has 1 saturated carbocycles. The smallest absolute Gasteiger partial charge is 0.144 e. The number of aliphatic hydroxyl groups is 1. The normalized spacial score (nSPS) is 31.5. The molecule has 3 atom stereocenters. The van der Waals surface area contributed by atoms with Crippen LogP contribution in [0.4, 0.5) is 11.4 Å². The highest BCUT2D eigenvalue weighted by atomic mass is 35.5. The standard InChI is InChI=1S/C15H17ClN2O/c16-15-11-3-6-14(19)17-12(11)4-5-13(15)18-8-9-1-2-10(18)7-9/h3-6,9-10,14,17,19H,1-2,7-8H2. The fourth-order valence-electron chi connectivity index (χ4n) is 3.71. The van der Waals surface area contributed by atoms with Crippen LogP contribution in [0.2, 0.25) is 5.02 Å². The number of benzene rings is 1. The summed E-state index contributed by atoms with van der Waals surface area (Å²) >= 11 is 6.58. The van der Waals surface area contributed by atoms with E-state index >= 15 is 0 Å². The quantitative estimate of drug-likeness (QED) is 0.827. The molecular formula is C15H17ClN2O. The molecule has 2 bridgehead atoms. The average molecular weight is 277 g/mol. The summed E-state index contributed by atoms with van der Waals surface area (Å²) in [4.78, 5) is 2.47. The molecule has 19 heavy (non-hydrogen) atoms. The van der Waals surface area contributed by atoms with Gasteiger partial charge < -0.3 is 15.3 Å². The van der Waals surface area contributed by atoms with Crippen molar-refractivity contribution in [2.24, 2.45) is 5.92 Å². The van der Waals surface area contributed by atoms with Crippen LogP contribution in [-0.4, -0.2) is 23.9 Å². The van der Waals surface area contributed by atoms with Crippen LogP contribution < -0.4 is 10.2 Å². The number of aliphatic hydroxyl groups excluding tert-OH is 1. The summed E-state index contributed by atoms with van der Waals surface area (Å²) in [5.74, 6) is 0.854. The lowest BCUT2D eigenvalue weighted by Gasteiger charge is -2.31. The van der Waals surface area contributed by atoms with E-state index in [0.29, 0.717) is 6.04 Å². The summed E-state index contributed by atoms with van der Waals surface area (Å²) < 4.78 is 0. The van der Waals surface area contributed by atoms with Gasteiger partial charge in [0.1, 0.15) is 6.23 Å². The van der Waals surface area contributed by atoms with Crippen LogP contribution in [0.5, 0.6) is 0 Å². The molecule has 3 aliphatic rings. The van der Waals surface area contributed by atoms with Crippen molar-refractivity contribution in [3.8, 4) is 0 Å². The number of rotatable bonds is 1. The molecule has 1 aromatic rings. The van der Waals surface area contributed by atoms with E-state index in [1.165, 1.54) is 19.3 Å². The summed E-state index contributed by atoms with van der Waals surface area (Å²) in [6.07, 6.45) is 7.02. The Kier molecular flexibility index (Phi) is 2.54. The van der Waals surface area contributed by atoms with Gasteiger partial charge in [-0.1, -0.05) is 17.7 Å². The van der Waals surface area contributed by atoms with Gasteiger partial charge in [-0.3, -0.25) is 0 Å². The first-order valence-corrected chi connectivity index (χ1v) is 7.32. The van der Waals surface area contributed by atoms with E-state index in [4.69, 9.17) is 11.6 Å². The molecule has 0 radical (unpaired) electrons. The molecule has 4 rings (SSSR count). The van der Waals surface area contributed by atoms with E-state index in [1.54, 1.807) is 6.08 Å². The summed E-state index contributed by atoms with van der Waals surface area (Å²) in [5, 5.41) is 13.4. The van der Waals surface area contributed by atoms with Gasteiger partial charge in [-0.2, -0.15) is 0 Å². The summed E-state index contributed by atoms with van der Waals surface area (Å²) in [7, 11) is 0. The van der Waals surface area contributed by atoms with Crippen molar-refractivity contribution in [3.63, 3.8) is 0 Å². The highest BCUT2D eigenvalue weighted by Crippen LogP contribution is 2.45. The molecule has 4 heteroatoms. The molecule has 2 fully saturated rings. The number of nitrogens with one attached hydrogen (secondary N) is 1. The van der Waals surface area contributed by atoms with Gasteiger partial charge in [0.15, 0.2) is 0 Å². The molecule has 0 amide bonds. The van der Waals surface area contributed by atoms with Gasteiger partial charge in [-0.05, 0) is 43.4 Å². The maximum Gasteiger partial charge on any atom is 0.144 e. The van der Waals surface area contributed by atoms with Crippen LogP contribution >= 0.6 is 11.6 Å². The fraction of sp³-hybridized carbons (Fsp3) is 0.467. The molecule has 1 aromatic carbocycles.